The van der Waals surface area contributed by atoms with Crippen LogP contribution in [0.2, 0.25) is 0 Å². The van der Waals surface area contributed by atoms with Crippen molar-refractivity contribution in [1.29, 1.82) is 0 Å². The van der Waals surface area contributed by atoms with Gasteiger partial charge >= 0.3 is 5.97 Å². The molecule has 0 N–H and O–H groups in total. The van der Waals surface area contributed by atoms with Crippen molar-refractivity contribution < 1.29 is 9.53 Å². The SMILES string of the molecule is CC(=O)O[C@@H]1CC[C@H](C(C)(C)C)[C@@H](C)C1. The number of esters is 1. The van der Waals surface area contributed by atoms with Gasteiger partial charge in [0.05, 0.1) is 0 Å². The predicted octanol–water partition coefficient (Wildman–Crippen LogP) is 3.40. The lowest BCUT2D eigenvalue weighted by Crippen LogP contribution is -2.35. The highest BCUT2D eigenvalue weighted by Gasteiger charge is 2.35. The molecule has 0 unspecified atom stereocenters. The molecule has 3 atom stereocenters. The Labute approximate surface area is 93.4 Å². The molecule has 1 aliphatic rings. The van der Waals surface area contributed by atoms with Crippen molar-refractivity contribution in [2.45, 2.75) is 60.0 Å². The van der Waals surface area contributed by atoms with E-state index in [0.29, 0.717) is 11.3 Å². The van der Waals surface area contributed by atoms with Crippen LogP contribution >= 0.6 is 0 Å². The molecule has 0 radical (unpaired) electrons. The van der Waals surface area contributed by atoms with Crippen LogP contribution in [0.1, 0.15) is 53.9 Å². The molecule has 0 aromatic rings. The molecule has 15 heavy (non-hydrogen) atoms. The van der Waals surface area contributed by atoms with Crippen molar-refractivity contribution in [2.75, 3.05) is 0 Å². The van der Waals surface area contributed by atoms with E-state index in [0.717, 1.165) is 18.8 Å². The minimum atomic E-state index is -0.138. The van der Waals surface area contributed by atoms with E-state index in [2.05, 4.69) is 27.7 Å². The summed E-state index contributed by atoms with van der Waals surface area (Å²) in [4.78, 5) is 10.9. The van der Waals surface area contributed by atoms with Crippen LogP contribution in [0.4, 0.5) is 0 Å². The maximum Gasteiger partial charge on any atom is 0.302 e. The zero-order valence-electron chi connectivity index (χ0n) is 10.7. The molecule has 1 fully saturated rings. The van der Waals surface area contributed by atoms with E-state index < -0.39 is 0 Å². The lowest BCUT2D eigenvalue weighted by Gasteiger charge is -2.41. The first kappa shape index (κ1) is 12.5. The van der Waals surface area contributed by atoms with Gasteiger partial charge in [0.25, 0.3) is 0 Å². The van der Waals surface area contributed by atoms with Crippen molar-refractivity contribution in [2.24, 2.45) is 17.3 Å². The van der Waals surface area contributed by atoms with E-state index >= 15 is 0 Å². The Morgan fingerprint density at radius 1 is 1.27 bits per heavy atom. The largest absolute Gasteiger partial charge is 0.463 e. The Morgan fingerprint density at radius 3 is 2.27 bits per heavy atom. The molecule has 88 valence electrons. The quantitative estimate of drug-likeness (QED) is 0.623. The highest BCUT2D eigenvalue weighted by atomic mass is 16.5. The fourth-order valence-electron chi connectivity index (χ4n) is 2.98. The van der Waals surface area contributed by atoms with E-state index in [1.807, 2.05) is 0 Å². The van der Waals surface area contributed by atoms with Gasteiger partial charge in [-0.2, -0.15) is 0 Å². The fourth-order valence-corrected chi connectivity index (χ4v) is 2.98. The number of carbonyl (C=O) groups excluding carboxylic acids is 1. The van der Waals surface area contributed by atoms with Gasteiger partial charge < -0.3 is 4.74 Å². The average molecular weight is 212 g/mol. The summed E-state index contributed by atoms with van der Waals surface area (Å²) in [5.41, 5.74) is 0.376. The van der Waals surface area contributed by atoms with Crippen LogP contribution in [-0.4, -0.2) is 12.1 Å². The molecule has 1 aliphatic carbocycles. The molecule has 2 nitrogen and oxygen atoms in total. The van der Waals surface area contributed by atoms with Crippen molar-refractivity contribution in [3.63, 3.8) is 0 Å². The number of carbonyl (C=O) groups is 1. The predicted molar refractivity (Wildman–Crippen MR) is 61.5 cm³/mol. The number of hydrogen-bond acceptors (Lipinski definition) is 2. The lowest BCUT2D eigenvalue weighted by atomic mass is 9.66. The van der Waals surface area contributed by atoms with E-state index in [-0.39, 0.29) is 12.1 Å². The molecular weight excluding hydrogens is 188 g/mol. The van der Waals surface area contributed by atoms with Crippen LogP contribution in [-0.2, 0) is 9.53 Å². The second kappa shape index (κ2) is 4.54. The number of ether oxygens (including phenoxy) is 1. The Balaban J connectivity index is 2.51. The zero-order chi connectivity index (χ0) is 11.6. The Bertz CT molecular complexity index is 227. The summed E-state index contributed by atoms with van der Waals surface area (Å²) in [6.07, 6.45) is 3.41. The molecule has 1 saturated carbocycles. The maximum atomic E-state index is 10.9. The number of hydrogen-bond donors (Lipinski definition) is 0. The van der Waals surface area contributed by atoms with Gasteiger partial charge in [-0.25, -0.2) is 0 Å². The molecular formula is C13H24O2. The molecule has 0 aromatic carbocycles. The first-order chi connectivity index (χ1) is 6.80. The van der Waals surface area contributed by atoms with Crippen molar-refractivity contribution in [3.8, 4) is 0 Å². The van der Waals surface area contributed by atoms with Crippen LogP contribution < -0.4 is 0 Å². The summed E-state index contributed by atoms with van der Waals surface area (Å²) in [5, 5.41) is 0. The smallest absolute Gasteiger partial charge is 0.302 e. The van der Waals surface area contributed by atoms with E-state index in [1.165, 1.54) is 13.3 Å². The highest BCUT2D eigenvalue weighted by molar-refractivity contribution is 5.66. The Hall–Kier alpha value is -0.530. The van der Waals surface area contributed by atoms with Gasteiger partial charge in [0.2, 0.25) is 0 Å². The second-order valence-electron chi connectivity index (χ2n) is 5.99. The monoisotopic (exact) mass is 212 g/mol. The summed E-state index contributed by atoms with van der Waals surface area (Å²) >= 11 is 0. The van der Waals surface area contributed by atoms with Crippen molar-refractivity contribution in [3.05, 3.63) is 0 Å². The van der Waals surface area contributed by atoms with E-state index in [9.17, 15) is 4.79 Å². The molecule has 0 saturated heterocycles. The topological polar surface area (TPSA) is 26.3 Å². The van der Waals surface area contributed by atoms with Crippen molar-refractivity contribution in [1.82, 2.24) is 0 Å². The lowest BCUT2D eigenvalue weighted by molar-refractivity contribution is -0.149. The van der Waals surface area contributed by atoms with Gasteiger partial charge in [0.1, 0.15) is 6.10 Å². The van der Waals surface area contributed by atoms with Crippen LogP contribution in [0.15, 0.2) is 0 Å². The standard InChI is InChI=1S/C13H24O2/c1-9-8-11(15-10(2)14)6-7-12(9)13(3,4)5/h9,11-12H,6-8H2,1-5H3/t9-,11+,12-/m0/s1. The normalized spacial score (nSPS) is 32.5. The van der Waals surface area contributed by atoms with Gasteiger partial charge in [-0.3, -0.25) is 4.79 Å². The van der Waals surface area contributed by atoms with Gasteiger partial charge in [-0.15, -0.1) is 0 Å². The van der Waals surface area contributed by atoms with Gasteiger partial charge in [0, 0.05) is 6.92 Å². The molecule has 0 heterocycles. The van der Waals surface area contributed by atoms with Gasteiger partial charge in [0.15, 0.2) is 0 Å². The summed E-state index contributed by atoms with van der Waals surface area (Å²) in [6, 6.07) is 0. The summed E-state index contributed by atoms with van der Waals surface area (Å²) < 4.78 is 5.28. The Kier molecular flexibility index (Phi) is 3.80. The second-order valence-corrected chi connectivity index (χ2v) is 5.99. The fraction of sp³-hybridized carbons (Fsp3) is 0.923. The molecule has 0 spiro atoms. The number of rotatable bonds is 1. The van der Waals surface area contributed by atoms with Crippen LogP contribution in [0.5, 0.6) is 0 Å². The molecule has 0 amide bonds. The third-order valence-corrected chi connectivity index (χ3v) is 3.57. The maximum absolute atomic E-state index is 10.9. The summed E-state index contributed by atoms with van der Waals surface area (Å²) in [5.74, 6) is 1.27. The first-order valence-electron chi connectivity index (χ1n) is 5.98. The minimum absolute atomic E-state index is 0.138. The van der Waals surface area contributed by atoms with Crippen LogP contribution in [0.25, 0.3) is 0 Å². The van der Waals surface area contributed by atoms with Crippen LogP contribution in [0.3, 0.4) is 0 Å². The third kappa shape index (κ3) is 3.51. The third-order valence-electron chi connectivity index (χ3n) is 3.57. The van der Waals surface area contributed by atoms with Crippen LogP contribution in [0, 0.1) is 17.3 Å². The van der Waals surface area contributed by atoms with Crippen molar-refractivity contribution >= 4 is 5.97 Å². The average Bonchev–Trinajstić information content (AvgIpc) is 1.99. The highest BCUT2D eigenvalue weighted by Crippen LogP contribution is 2.42. The molecule has 0 bridgehead atoms. The first-order valence-corrected chi connectivity index (χ1v) is 5.98. The zero-order valence-corrected chi connectivity index (χ0v) is 10.7. The summed E-state index contributed by atoms with van der Waals surface area (Å²) in [7, 11) is 0. The van der Waals surface area contributed by atoms with E-state index in [1.54, 1.807) is 0 Å². The van der Waals surface area contributed by atoms with Gasteiger partial charge in [-0.05, 0) is 36.5 Å². The van der Waals surface area contributed by atoms with E-state index in [4.69, 9.17) is 4.74 Å². The molecule has 0 aliphatic heterocycles. The van der Waals surface area contributed by atoms with Gasteiger partial charge in [-0.1, -0.05) is 27.7 Å². The molecule has 0 aromatic heterocycles. The Morgan fingerprint density at radius 2 is 1.87 bits per heavy atom. The molecule has 2 heteroatoms. The molecule has 1 rings (SSSR count). The summed E-state index contributed by atoms with van der Waals surface area (Å²) in [6.45, 7) is 10.7. The minimum Gasteiger partial charge on any atom is -0.463 e.